The molecule has 284 valence electrons. The second-order valence-corrected chi connectivity index (χ2v) is 17.1. The van der Waals surface area contributed by atoms with Gasteiger partial charge in [0.2, 0.25) is 0 Å². The fourth-order valence-corrected chi connectivity index (χ4v) is 11.9. The van der Waals surface area contributed by atoms with Gasteiger partial charge in [0.15, 0.2) is 0 Å². The molecule has 0 bridgehead atoms. The van der Waals surface area contributed by atoms with Crippen LogP contribution in [0.4, 0.5) is 0 Å². The standard InChI is InChI=1S/C50H66O3/c1-5-8-11-14-17-26-38(51)35-48-41-29-20-22-31-43(41)49(36-39(52)27-18-15-12-9-6-2)45-33-24-25-34-46(45)50(47(48,49)4,44-32-23-21-30-42(44)48)37-40(53)28-19-16-13-10-7-3/h20-25,29-34H,5-19,26-28,35-37H2,1-4H3. The Kier molecular flexibility index (Phi) is 12.6. The fourth-order valence-electron chi connectivity index (χ4n) is 11.9. The Morgan fingerprint density at radius 3 is 0.830 bits per heavy atom. The Bertz CT molecular complexity index is 1470. The van der Waals surface area contributed by atoms with Crippen molar-refractivity contribution >= 4 is 17.3 Å². The van der Waals surface area contributed by atoms with Crippen LogP contribution in [0.15, 0.2) is 72.8 Å². The number of hydrogen-bond acceptors (Lipinski definition) is 3. The molecule has 3 aromatic rings. The van der Waals surface area contributed by atoms with Gasteiger partial charge in [0, 0.05) is 60.2 Å². The van der Waals surface area contributed by atoms with Crippen LogP contribution in [0.25, 0.3) is 0 Å². The predicted molar refractivity (Wildman–Crippen MR) is 219 cm³/mol. The normalized spacial score (nSPS) is 24.5. The van der Waals surface area contributed by atoms with E-state index in [4.69, 9.17) is 0 Å². The molecule has 0 fully saturated rings. The van der Waals surface area contributed by atoms with Crippen LogP contribution in [0, 0.1) is 5.41 Å². The number of rotatable bonds is 24. The van der Waals surface area contributed by atoms with E-state index in [1.54, 1.807) is 0 Å². The monoisotopic (exact) mass is 715 g/mol. The van der Waals surface area contributed by atoms with Crippen molar-refractivity contribution in [2.24, 2.45) is 5.41 Å². The molecule has 3 aliphatic carbocycles. The SMILES string of the molecule is CCCCCCCC(=O)CC12c3ccccc3C3(CC(=O)CCCCCCC)c4ccccc4C(CC(=O)CCCCCCC)(c4ccccc41)C23C. The quantitative estimate of drug-likeness (QED) is 0.0868. The number of carbonyl (C=O) groups excluding carboxylic acids is 3. The summed E-state index contributed by atoms with van der Waals surface area (Å²) in [5, 5.41) is 0. The number of Topliss-reactive ketones (excluding diaryl/α,β-unsaturated/α-hetero) is 3. The summed E-state index contributed by atoms with van der Waals surface area (Å²) in [4.78, 5) is 43.8. The Balaban J connectivity index is 1.53. The lowest BCUT2D eigenvalue weighted by Crippen LogP contribution is -2.56. The van der Waals surface area contributed by atoms with Crippen molar-refractivity contribution < 1.29 is 14.4 Å². The first-order chi connectivity index (χ1) is 25.8. The Morgan fingerprint density at radius 2 is 0.604 bits per heavy atom. The summed E-state index contributed by atoms with van der Waals surface area (Å²) in [6, 6.07) is 26.5. The number of carbonyl (C=O) groups is 3. The van der Waals surface area contributed by atoms with Crippen molar-refractivity contribution in [3.05, 3.63) is 106 Å². The van der Waals surface area contributed by atoms with Crippen molar-refractivity contribution in [2.45, 2.75) is 179 Å². The van der Waals surface area contributed by atoms with Crippen LogP contribution in [0.2, 0.25) is 0 Å². The minimum atomic E-state index is -0.664. The largest absolute Gasteiger partial charge is 0.300 e. The average molecular weight is 715 g/mol. The Hall–Kier alpha value is -3.33. The highest BCUT2D eigenvalue weighted by molar-refractivity contribution is 5.91. The molecule has 6 rings (SSSR count). The van der Waals surface area contributed by atoms with Gasteiger partial charge in [-0.3, -0.25) is 14.4 Å². The van der Waals surface area contributed by atoms with Crippen LogP contribution >= 0.6 is 0 Å². The minimum absolute atomic E-state index is 0.305. The van der Waals surface area contributed by atoms with E-state index in [9.17, 15) is 14.4 Å². The molecular formula is C50H66O3. The summed E-state index contributed by atoms with van der Waals surface area (Å²) in [6.07, 6.45) is 19.6. The van der Waals surface area contributed by atoms with Gasteiger partial charge in [0.05, 0.1) is 0 Å². The number of benzene rings is 3. The van der Waals surface area contributed by atoms with Crippen LogP contribution in [0.5, 0.6) is 0 Å². The van der Waals surface area contributed by atoms with Gasteiger partial charge in [0.1, 0.15) is 17.3 Å². The molecule has 0 atom stereocenters. The molecule has 0 saturated heterocycles. The van der Waals surface area contributed by atoms with Crippen LogP contribution in [-0.2, 0) is 30.6 Å². The van der Waals surface area contributed by atoms with Gasteiger partial charge >= 0.3 is 0 Å². The summed E-state index contributed by atoms with van der Waals surface area (Å²) < 4.78 is 0. The Labute approximate surface area is 321 Å². The summed E-state index contributed by atoms with van der Waals surface area (Å²) in [6.45, 7) is 9.11. The first kappa shape index (κ1) is 39.4. The molecule has 3 nitrogen and oxygen atoms in total. The lowest BCUT2D eigenvalue weighted by atomic mass is 9.47. The molecule has 0 N–H and O–H groups in total. The predicted octanol–water partition coefficient (Wildman–Crippen LogP) is 12.9. The van der Waals surface area contributed by atoms with E-state index in [-0.39, 0.29) is 0 Å². The zero-order chi connectivity index (χ0) is 37.5. The molecule has 3 heteroatoms. The van der Waals surface area contributed by atoms with Crippen LogP contribution in [0.1, 0.15) is 196 Å². The first-order valence-corrected chi connectivity index (χ1v) is 21.6. The molecule has 0 aliphatic heterocycles. The molecule has 0 radical (unpaired) electrons. The maximum Gasteiger partial charge on any atom is 0.134 e. The van der Waals surface area contributed by atoms with E-state index in [0.717, 1.165) is 38.5 Å². The highest BCUT2D eigenvalue weighted by Gasteiger charge is 2.83. The lowest BCUT2D eigenvalue weighted by molar-refractivity contribution is -0.124. The topological polar surface area (TPSA) is 51.2 Å². The third kappa shape index (κ3) is 6.40. The molecule has 0 heterocycles. The molecule has 0 unspecified atom stereocenters. The second-order valence-electron chi connectivity index (χ2n) is 17.1. The lowest BCUT2D eigenvalue weighted by Gasteiger charge is -2.53. The van der Waals surface area contributed by atoms with Crippen molar-refractivity contribution in [3.8, 4) is 0 Å². The Morgan fingerprint density at radius 1 is 0.377 bits per heavy atom. The van der Waals surface area contributed by atoms with Gasteiger partial charge in [-0.2, -0.15) is 0 Å². The molecule has 0 spiro atoms. The highest BCUT2D eigenvalue weighted by atomic mass is 16.1. The molecule has 0 aromatic heterocycles. The van der Waals surface area contributed by atoms with E-state index in [2.05, 4.69) is 100 Å². The highest BCUT2D eigenvalue weighted by Crippen LogP contribution is 2.84. The maximum absolute atomic E-state index is 14.6. The second kappa shape index (κ2) is 17.0. The van der Waals surface area contributed by atoms with Crippen LogP contribution in [-0.4, -0.2) is 17.3 Å². The third-order valence-electron chi connectivity index (χ3n) is 14.2. The van der Waals surface area contributed by atoms with E-state index >= 15 is 0 Å². The van der Waals surface area contributed by atoms with Crippen LogP contribution < -0.4 is 0 Å². The first-order valence-electron chi connectivity index (χ1n) is 21.6. The average Bonchev–Trinajstić information content (AvgIpc) is 3.57. The van der Waals surface area contributed by atoms with Gasteiger partial charge in [-0.15, -0.1) is 0 Å². The number of fused-ring (bicyclic) bond motifs is 9. The summed E-state index contributed by atoms with van der Waals surface area (Å²) in [7, 11) is 0. The fraction of sp³-hybridized carbons (Fsp3) is 0.580. The number of ketones is 3. The van der Waals surface area contributed by atoms with Gasteiger partial charge in [-0.1, -0.05) is 178 Å². The smallest absolute Gasteiger partial charge is 0.134 e. The van der Waals surface area contributed by atoms with E-state index in [1.165, 1.54) is 91.2 Å². The van der Waals surface area contributed by atoms with Crippen LogP contribution in [0.3, 0.4) is 0 Å². The zero-order valence-corrected chi connectivity index (χ0v) is 33.5. The molecule has 53 heavy (non-hydrogen) atoms. The molecule has 3 aromatic carbocycles. The van der Waals surface area contributed by atoms with Gasteiger partial charge in [-0.05, 0) is 52.6 Å². The maximum atomic E-state index is 14.6. The molecule has 0 saturated carbocycles. The molecule has 0 amide bonds. The summed E-state index contributed by atoms with van der Waals surface area (Å²) in [5.74, 6) is 0.915. The van der Waals surface area contributed by atoms with Gasteiger partial charge in [-0.25, -0.2) is 0 Å². The van der Waals surface area contributed by atoms with Gasteiger partial charge in [0.25, 0.3) is 0 Å². The van der Waals surface area contributed by atoms with Crippen molar-refractivity contribution in [1.29, 1.82) is 0 Å². The van der Waals surface area contributed by atoms with Gasteiger partial charge < -0.3 is 0 Å². The van der Waals surface area contributed by atoms with E-state index < -0.39 is 21.7 Å². The minimum Gasteiger partial charge on any atom is -0.300 e. The van der Waals surface area contributed by atoms with E-state index in [0.29, 0.717) is 55.9 Å². The molecular weight excluding hydrogens is 649 g/mol. The number of unbranched alkanes of at least 4 members (excludes halogenated alkanes) is 12. The zero-order valence-electron chi connectivity index (χ0n) is 33.5. The van der Waals surface area contributed by atoms with Crippen molar-refractivity contribution in [1.82, 2.24) is 0 Å². The van der Waals surface area contributed by atoms with Crippen molar-refractivity contribution in [2.75, 3.05) is 0 Å². The third-order valence-corrected chi connectivity index (χ3v) is 14.2. The summed E-state index contributed by atoms with van der Waals surface area (Å²) >= 11 is 0. The van der Waals surface area contributed by atoms with Crippen molar-refractivity contribution in [3.63, 3.8) is 0 Å². The van der Waals surface area contributed by atoms with E-state index in [1.807, 2.05) is 0 Å². The number of hydrogen-bond donors (Lipinski definition) is 0. The summed E-state index contributed by atoms with van der Waals surface area (Å²) in [5.41, 5.74) is 4.58. The molecule has 3 aliphatic rings.